The lowest BCUT2D eigenvalue weighted by Gasteiger charge is -2.34. The second kappa shape index (κ2) is 6.98. The van der Waals surface area contributed by atoms with Gasteiger partial charge < -0.3 is 14.3 Å². The van der Waals surface area contributed by atoms with Gasteiger partial charge in [0.1, 0.15) is 11.9 Å². The summed E-state index contributed by atoms with van der Waals surface area (Å²) in [6.45, 7) is 5.09. The van der Waals surface area contributed by atoms with Gasteiger partial charge in [-0.1, -0.05) is 23.9 Å². The molecule has 1 atom stereocenters. The van der Waals surface area contributed by atoms with Crippen LogP contribution in [0.4, 0.5) is 4.39 Å². The number of hydrogen-bond donors (Lipinski definition) is 0. The Balaban J connectivity index is 1.44. The molecule has 2 aliphatic heterocycles. The number of nitrogens with zero attached hydrogens (tertiary/aromatic N) is 3. The number of halogens is 1. The molecule has 0 saturated carbocycles. The van der Waals surface area contributed by atoms with Gasteiger partial charge in [-0.05, 0) is 31.1 Å². The summed E-state index contributed by atoms with van der Waals surface area (Å²) in [4.78, 5) is 28.1. The normalized spacial score (nSPS) is 20.4. The van der Waals surface area contributed by atoms with Gasteiger partial charge in [0.25, 0.3) is 0 Å². The van der Waals surface area contributed by atoms with Crippen molar-refractivity contribution >= 4 is 22.8 Å². The fourth-order valence-electron chi connectivity index (χ4n) is 3.87. The van der Waals surface area contributed by atoms with Crippen molar-refractivity contribution in [3.63, 3.8) is 0 Å². The number of piperidine rings is 1. The summed E-state index contributed by atoms with van der Waals surface area (Å²) in [5.74, 6) is -0.501. The van der Waals surface area contributed by atoms with Gasteiger partial charge in [-0.2, -0.15) is 0 Å². The van der Waals surface area contributed by atoms with Crippen LogP contribution in [0, 0.1) is 5.82 Å². The van der Waals surface area contributed by atoms with Crippen molar-refractivity contribution in [3.05, 3.63) is 54.5 Å². The van der Waals surface area contributed by atoms with Crippen LogP contribution in [0.1, 0.15) is 24.5 Å². The zero-order valence-corrected chi connectivity index (χ0v) is 14.8. The predicted molar refractivity (Wildman–Crippen MR) is 97.4 cm³/mol. The molecule has 1 aromatic heterocycles. The fraction of sp³-hybridized carbons (Fsp3) is 0.350. The molecule has 0 bridgehead atoms. The second-order valence-electron chi connectivity index (χ2n) is 6.88. The Morgan fingerprint density at radius 3 is 2.81 bits per heavy atom. The van der Waals surface area contributed by atoms with E-state index in [0.29, 0.717) is 25.2 Å². The predicted octanol–water partition coefficient (Wildman–Crippen LogP) is 2.63. The zero-order valence-electron chi connectivity index (χ0n) is 14.8. The summed E-state index contributed by atoms with van der Waals surface area (Å²) in [7, 11) is 0. The van der Waals surface area contributed by atoms with E-state index in [4.69, 9.17) is 4.52 Å². The third kappa shape index (κ3) is 3.13. The van der Waals surface area contributed by atoms with Crippen molar-refractivity contribution in [1.29, 1.82) is 0 Å². The monoisotopic (exact) mass is 369 g/mol. The van der Waals surface area contributed by atoms with Crippen LogP contribution < -0.4 is 0 Å². The van der Waals surface area contributed by atoms with Crippen LogP contribution in [-0.2, 0) is 9.59 Å². The van der Waals surface area contributed by atoms with Gasteiger partial charge in [0.2, 0.25) is 11.8 Å². The number of carbonyl (C=O) groups is 2. The molecular formula is C20H20FN3O3. The van der Waals surface area contributed by atoms with Gasteiger partial charge >= 0.3 is 0 Å². The van der Waals surface area contributed by atoms with E-state index in [-0.39, 0.29) is 23.5 Å². The molecule has 27 heavy (non-hydrogen) atoms. The van der Waals surface area contributed by atoms with E-state index >= 15 is 0 Å². The highest BCUT2D eigenvalue weighted by Gasteiger charge is 2.35. The van der Waals surface area contributed by atoms with Crippen LogP contribution in [0.5, 0.6) is 0 Å². The van der Waals surface area contributed by atoms with Crippen molar-refractivity contribution < 1.29 is 18.5 Å². The summed E-state index contributed by atoms with van der Waals surface area (Å²) in [6.07, 6.45) is 6.33. The summed E-state index contributed by atoms with van der Waals surface area (Å²) in [5.41, 5.74) is 1.26. The molecular weight excluding hydrogens is 349 g/mol. The lowest BCUT2D eigenvalue weighted by Crippen LogP contribution is -2.49. The van der Waals surface area contributed by atoms with E-state index in [1.807, 2.05) is 6.08 Å². The third-order valence-electron chi connectivity index (χ3n) is 5.32. The maximum absolute atomic E-state index is 13.3. The minimum Gasteiger partial charge on any atom is -0.356 e. The standard InChI is InChI=1S/C20H20FN3O3/c1-2-18(25)24-9-3-4-16(24)20(26)23-10-7-13(8-11-23)19-15-6-5-14(21)12-17(15)27-22-19/h2-6,12-13,16H,1,7-11H2/t16-/m0/s1. The summed E-state index contributed by atoms with van der Waals surface area (Å²) in [6, 6.07) is 3.88. The minimum absolute atomic E-state index is 0.0653. The molecule has 0 radical (unpaired) electrons. The van der Waals surface area contributed by atoms with Gasteiger partial charge in [0.05, 0.1) is 5.69 Å². The van der Waals surface area contributed by atoms with Crippen LogP contribution in [0.2, 0.25) is 0 Å². The van der Waals surface area contributed by atoms with Crippen molar-refractivity contribution in [2.24, 2.45) is 0 Å². The van der Waals surface area contributed by atoms with Crippen LogP contribution in [0.15, 0.2) is 47.5 Å². The molecule has 7 heteroatoms. The van der Waals surface area contributed by atoms with Crippen molar-refractivity contribution in [2.45, 2.75) is 24.8 Å². The molecule has 0 N–H and O–H groups in total. The average molecular weight is 369 g/mol. The van der Waals surface area contributed by atoms with Gasteiger partial charge in [0, 0.05) is 37.0 Å². The molecule has 2 amide bonds. The van der Waals surface area contributed by atoms with E-state index in [1.54, 1.807) is 17.0 Å². The Morgan fingerprint density at radius 1 is 1.30 bits per heavy atom. The molecule has 1 aromatic carbocycles. The maximum atomic E-state index is 13.3. The summed E-state index contributed by atoms with van der Waals surface area (Å²) < 4.78 is 18.6. The number of aromatic nitrogens is 1. The molecule has 140 valence electrons. The number of likely N-dealkylation sites (tertiary alicyclic amines) is 1. The van der Waals surface area contributed by atoms with Crippen LogP contribution in [0.25, 0.3) is 11.0 Å². The van der Waals surface area contributed by atoms with Crippen molar-refractivity contribution in [3.8, 4) is 0 Å². The second-order valence-corrected chi connectivity index (χ2v) is 6.88. The van der Waals surface area contributed by atoms with Gasteiger partial charge in [0.15, 0.2) is 5.58 Å². The number of fused-ring (bicyclic) bond motifs is 1. The van der Waals surface area contributed by atoms with Crippen molar-refractivity contribution in [1.82, 2.24) is 15.0 Å². The Bertz CT molecular complexity index is 928. The molecule has 1 saturated heterocycles. The molecule has 0 spiro atoms. The third-order valence-corrected chi connectivity index (χ3v) is 5.32. The first-order chi connectivity index (χ1) is 13.1. The van der Waals surface area contributed by atoms with Crippen LogP contribution in [0.3, 0.4) is 0 Å². The van der Waals surface area contributed by atoms with Crippen LogP contribution >= 0.6 is 0 Å². The highest BCUT2D eigenvalue weighted by Crippen LogP contribution is 2.33. The van der Waals surface area contributed by atoms with E-state index < -0.39 is 6.04 Å². The van der Waals surface area contributed by atoms with E-state index in [0.717, 1.165) is 23.9 Å². The molecule has 1 fully saturated rings. The van der Waals surface area contributed by atoms with E-state index in [1.165, 1.54) is 23.1 Å². The minimum atomic E-state index is -0.553. The first-order valence-electron chi connectivity index (χ1n) is 9.02. The molecule has 0 unspecified atom stereocenters. The maximum Gasteiger partial charge on any atom is 0.249 e. The molecule has 3 heterocycles. The summed E-state index contributed by atoms with van der Waals surface area (Å²) in [5, 5.41) is 4.96. The fourth-order valence-corrected chi connectivity index (χ4v) is 3.87. The van der Waals surface area contributed by atoms with Gasteiger partial charge in [-0.3, -0.25) is 9.59 Å². The number of benzene rings is 1. The highest BCUT2D eigenvalue weighted by molar-refractivity contribution is 5.94. The topological polar surface area (TPSA) is 66.7 Å². The number of amides is 2. The SMILES string of the molecule is C=CC(=O)N1CC=C[C@H]1C(=O)N1CCC(c2noc3cc(F)ccc23)CC1. The van der Waals surface area contributed by atoms with Gasteiger partial charge in [-0.15, -0.1) is 0 Å². The smallest absolute Gasteiger partial charge is 0.249 e. The molecule has 2 aliphatic rings. The highest BCUT2D eigenvalue weighted by atomic mass is 19.1. The Morgan fingerprint density at radius 2 is 2.07 bits per heavy atom. The first-order valence-corrected chi connectivity index (χ1v) is 9.02. The Labute approximate surface area is 155 Å². The number of carbonyl (C=O) groups excluding carboxylic acids is 2. The van der Waals surface area contributed by atoms with Crippen LogP contribution in [-0.4, -0.2) is 52.4 Å². The quantitative estimate of drug-likeness (QED) is 0.616. The Hall–Kier alpha value is -2.96. The lowest BCUT2D eigenvalue weighted by atomic mass is 9.91. The number of hydrogen-bond acceptors (Lipinski definition) is 4. The first kappa shape index (κ1) is 17.5. The lowest BCUT2D eigenvalue weighted by molar-refractivity contribution is -0.141. The summed E-state index contributed by atoms with van der Waals surface area (Å²) >= 11 is 0. The average Bonchev–Trinajstić information content (AvgIpc) is 3.33. The van der Waals surface area contributed by atoms with E-state index in [2.05, 4.69) is 11.7 Å². The molecule has 2 aromatic rings. The van der Waals surface area contributed by atoms with E-state index in [9.17, 15) is 14.0 Å². The van der Waals surface area contributed by atoms with Gasteiger partial charge in [-0.25, -0.2) is 4.39 Å². The molecule has 0 aliphatic carbocycles. The molecule has 6 nitrogen and oxygen atoms in total. The largest absolute Gasteiger partial charge is 0.356 e. The van der Waals surface area contributed by atoms with Crippen molar-refractivity contribution in [2.75, 3.05) is 19.6 Å². The zero-order chi connectivity index (χ0) is 19.0. The number of rotatable bonds is 3. The molecule has 4 rings (SSSR count). The Kier molecular flexibility index (Phi) is 4.51.